The zero-order valence-electron chi connectivity index (χ0n) is 21.7. The van der Waals surface area contributed by atoms with Crippen molar-refractivity contribution in [1.82, 2.24) is 15.0 Å². The second kappa shape index (κ2) is 12.7. The highest BCUT2D eigenvalue weighted by atomic mass is 35.5. The fourth-order valence-corrected chi connectivity index (χ4v) is 4.09. The first-order valence-electron chi connectivity index (χ1n) is 12.2. The third-order valence-electron chi connectivity index (χ3n) is 5.86. The molecule has 1 aromatic heterocycles. The highest BCUT2D eigenvalue weighted by Crippen LogP contribution is 2.27. The average Bonchev–Trinajstić information content (AvgIpc) is 3.31. The van der Waals surface area contributed by atoms with Gasteiger partial charge in [0.15, 0.2) is 5.69 Å². The van der Waals surface area contributed by atoms with Gasteiger partial charge in [0.1, 0.15) is 11.5 Å². The van der Waals surface area contributed by atoms with Gasteiger partial charge in [0.05, 0.1) is 32.5 Å². The molecule has 1 heterocycles. The van der Waals surface area contributed by atoms with Crippen LogP contribution in [0.4, 0.5) is 18.9 Å². The van der Waals surface area contributed by atoms with Gasteiger partial charge in [-0.3, -0.25) is 0 Å². The van der Waals surface area contributed by atoms with Crippen LogP contribution in [0.3, 0.4) is 0 Å². The number of esters is 1. The number of hydrogen-bond acceptors (Lipinski definition) is 7. The lowest BCUT2D eigenvalue weighted by Gasteiger charge is -2.26. The van der Waals surface area contributed by atoms with Crippen molar-refractivity contribution in [3.63, 3.8) is 0 Å². The van der Waals surface area contributed by atoms with Gasteiger partial charge in [-0.15, -0.1) is 18.3 Å². The molecule has 4 aromatic rings. The van der Waals surface area contributed by atoms with E-state index >= 15 is 0 Å². The third-order valence-corrected chi connectivity index (χ3v) is 6.11. The number of aromatic nitrogens is 3. The predicted molar refractivity (Wildman–Crippen MR) is 143 cm³/mol. The fraction of sp³-hybridized carbons (Fsp3) is 0.250. The molecule has 0 saturated heterocycles. The van der Waals surface area contributed by atoms with Crippen LogP contribution in [0, 0.1) is 0 Å². The molecule has 0 bridgehead atoms. The number of rotatable bonds is 11. The van der Waals surface area contributed by atoms with Gasteiger partial charge in [0.2, 0.25) is 0 Å². The smallest absolute Gasteiger partial charge is 0.497 e. The Labute approximate surface area is 233 Å². The molecule has 0 saturated carbocycles. The van der Waals surface area contributed by atoms with Gasteiger partial charge in [-0.1, -0.05) is 41.1 Å². The van der Waals surface area contributed by atoms with Crippen molar-refractivity contribution >= 4 is 23.3 Å². The van der Waals surface area contributed by atoms with Gasteiger partial charge in [-0.05, 0) is 66.6 Å². The van der Waals surface area contributed by atoms with Gasteiger partial charge in [0, 0.05) is 17.3 Å². The van der Waals surface area contributed by atoms with E-state index in [0.717, 1.165) is 11.3 Å². The summed E-state index contributed by atoms with van der Waals surface area (Å²) in [6.45, 7) is 2.65. The Bertz CT molecular complexity index is 1410. The summed E-state index contributed by atoms with van der Waals surface area (Å²) in [7, 11) is 1.58. The Morgan fingerprint density at radius 3 is 2.15 bits per heavy atom. The molecule has 0 unspecified atom stereocenters. The monoisotopic (exact) mass is 574 g/mol. The molecular formula is C28H26ClF3N4O4. The summed E-state index contributed by atoms with van der Waals surface area (Å²) in [5.74, 6) is -0.223. The van der Waals surface area contributed by atoms with Gasteiger partial charge in [-0.25, -0.2) is 9.48 Å². The Morgan fingerprint density at radius 2 is 1.55 bits per heavy atom. The lowest BCUT2D eigenvalue weighted by Crippen LogP contribution is -2.26. The highest BCUT2D eigenvalue weighted by Gasteiger charge is 2.31. The van der Waals surface area contributed by atoms with Crippen LogP contribution in [0.15, 0.2) is 72.8 Å². The summed E-state index contributed by atoms with van der Waals surface area (Å²) < 4.78 is 53.9. The number of carbonyl (C=O) groups excluding carboxylic acids is 1. The number of carbonyl (C=O) groups is 1. The molecule has 8 nitrogen and oxygen atoms in total. The first kappa shape index (κ1) is 28.8. The molecule has 0 N–H and O–H groups in total. The largest absolute Gasteiger partial charge is 0.573 e. The van der Waals surface area contributed by atoms with Crippen molar-refractivity contribution < 1.29 is 32.2 Å². The lowest BCUT2D eigenvalue weighted by atomic mass is 10.1. The van der Waals surface area contributed by atoms with E-state index in [9.17, 15) is 18.0 Å². The molecule has 40 heavy (non-hydrogen) atoms. The number of anilines is 1. The number of ether oxygens (including phenoxy) is 3. The molecule has 0 aliphatic heterocycles. The zero-order valence-corrected chi connectivity index (χ0v) is 22.4. The van der Waals surface area contributed by atoms with E-state index in [0.29, 0.717) is 28.6 Å². The number of methoxy groups -OCH3 is 1. The molecule has 0 aliphatic rings. The number of halogens is 4. The molecule has 12 heteroatoms. The molecule has 4 rings (SSSR count). The molecule has 0 fully saturated rings. The highest BCUT2D eigenvalue weighted by molar-refractivity contribution is 6.30. The normalized spacial score (nSPS) is 11.2. The third kappa shape index (κ3) is 7.66. The quantitative estimate of drug-likeness (QED) is 0.195. The van der Waals surface area contributed by atoms with Crippen molar-refractivity contribution in [1.29, 1.82) is 0 Å². The minimum atomic E-state index is -4.78. The topological polar surface area (TPSA) is 78.7 Å². The van der Waals surface area contributed by atoms with E-state index in [2.05, 4.69) is 15.0 Å². The van der Waals surface area contributed by atoms with Crippen LogP contribution in [0.25, 0.3) is 0 Å². The van der Waals surface area contributed by atoms with Crippen LogP contribution in [-0.2, 0) is 24.4 Å². The standard InChI is InChI=1S/C28H26ClF3N4O4/c1-3-39-27(37)26-25(36(34-33-26)17-20-4-12-23(38-2)13-5-20)18-35(22-10-8-21(29)9-11-22)16-19-6-14-24(15-7-19)40-28(30,31)32/h4-15H,3,16-18H2,1-2H3. The molecule has 0 spiro atoms. The van der Waals surface area contributed by atoms with Crippen molar-refractivity contribution in [3.05, 3.63) is 100 Å². The van der Waals surface area contributed by atoms with Crippen molar-refractivity contribution in [2.75, 3.05) is 18.6 Å². The maximum Gasteiger partial charge on any atom is 0.573 e. The average molecular weight is 575 g/mol. The fourth-order valence-electron chi connectivity index (χ4n) is 3.97. The summed E-state index contributed by atoms with van der Waals surface area (Å²) in [6.07, 6.45) is -4.78. The van der Waals surface area contributed by atoms with Crippen LogP contribution < -0.4 is 14.4 Å². The zero-order chi connectivity index (χ0) is 28.7. The van der Waals surface area contributed by atoms with E-state index in [1.54, 1.807) is 43.0 Å². The van der Waals surface area contributed by atoms with E-state index in [1.165, 1.54) is 12.1 Å². The van der Waals surface area contributed by atoms with Gasteiger partial charge in [0.25, 0.3) is 0 Å². The first-order valence-corrected chi connectivity index (χ1v) is 12.6. The Hall–Kier alpha value is -4.25. The van der Waals surface area contributed by atoms with Crippen LogP contribution in [0.1, 0.15) is 34.2 Å². The van der Waals surface area contributed by atoms with Gasteiger partial charge in [-0.2, -0.15) is 0 Å². The van der Waals surface area contributed by atoms with Crippen LogP contribution in [0.5, 0.6) is 11.5 Å². The molecular weight excluding hydrogens is 549 g/mol. The van der Waals surface area contributed by atoms with E-state index < -0.39 is 12.3 Å². The number of alkyl halides is 3. The number of nitrogens with zero attached hydrogens (tertiary/aromatic N) is 4. The van der Waals surface area contributed by atoms with Gasteiger partial charge < -0.3 is 19.1 Å². The van der Waals surface area contributed by atoms with Crippen LogP contribution >= 0.6 is 11.6 Å². The maximum atomic E-state index is 12.8. The summed E-state index contributed by atoms with van der Waals surface area (Å²) in [5, 5.41) is 8.89. The van der Waals surface area contributed by atoms with Crippen molar-refractivity contribution in [3.8, 4) is 11.5 Å². The minimum Gasteiger partial charge on any atom is -0.497 e. The molecule has 0 atom stereocenters. The van der Waals surface area contributed by atoms with E-state index in [4.69, 9.17) is 21.1 Å². The second-order valence-corrected chi connectivity index (χ2v) is 9.07. The number of benzene rings is 3. The SMILES string of the molecule is CCOC(=O)c1nnn(Cc2ccc(OC)cc2)c1CN(Cc1ccc(OC(F)(F)F)cc1)c1ccc(Cl)cc1. The molecule has 3 aromatic carbocycles. The number of hydrogen-bond donors (Lipinski definition) is 0. The predicted octanol–water partition coefficient (Wildman–Crippen LogP) is 6.27. The lowest BCUT2D eigenvalue weighted by molar-refractivity contribution is -0.274. The molecule has 0 aliphatic carbocycles. The second-order valence-electron chi connectivity index (χ2n) is 8.64. The Kier molecular flexibility index (Phi) is 9.15. The molecule has 0 radical (unpaired) electrons. The van der Waals surface area contributed by atoms with Crippen LogP contribution in [-0.4, -0.2) is 41.0 Å². The Morgan fingerprint density at radius 1 is 0.925 bits per heavy atom. The maximum absolute atomic E-state index is 12.8. The summed E-state index contributed by atoms with van der Waals surface area (Å²) in [5.41, 5.74) is 2.94. The van der Waals surface area contributed by atoms with E-state index in [1.807, 2.05) is 41.3 Å². The van der Waals surface area contributed by atoms with E-state index in [-0.39, 0.29) is 31.1 Å². The summed E-state index contributed by atoms with van der Waals surface area (Å²) in [4.78, 5) is 14.7. The molecule has 0 amide bonds. The first-order chi connectivity index (χ1) is 19.1. The Balaban J connectivity index is 1.67. The molecule has 210 valence electrons. The van der Waals surface area contributed by atoms with Crippen molar-refractivity contribution in [2.45, 2.75) is 32.9 Å². The van der Waals surface area contributed by atoms with Crippen molar-refractivity contribution in [2.24, 2.45) is 0 Å². The summed E-state index contributed by atoms with van der Waals surface area (Å²) >= 11 is 6.11. The van der Waals surface area contributed by atoms with Crippen LogP contribution in [0.2, 0.25) is 5.02 Å². The summed E-state index contributed by atoms with van der Waals surface area (Å²) in [6, 6.07) is 20.1. The minimum absolute atomic E-state index is 0.0725. The van der Waals surface area contributed by atoms with Gasteiger partial charge >= 0.3 is 12.3 Å².